The quantitative estimate of drug-likeness (QED) is 0.123. The van der Waals surface area contributed by atoms with E-state index in [9.17, 15) is 11.0 Å². The number of nitrogens with zero attached hydrogens (tertiary/aromatic N) is 4. The van der Waals surface area contributed by atoms with E-state index in [1.54, 1.807) is 0 Å². The minimum Gasteiger partial charge on any atom is -0.458 e. The number of para-hydroxylation sites is 2. The number of rotatable bonds is 6. The average molecular weight is 1150 g/mol. The third kappa shape index (κ3) is 9.22. The SMILES string of the molecule is [2H]c1c([2H])c([2H])c2c(c1[2H])-c1cc(C(C)(C)C)cc(-c3cc(C(C)(C)C)cc(C(C)(C)C)c3)c1-[n+]1[c-]n(-c3cccc(Oc4ccc5c6ccccc6n(-c6cc(C(C)(C)C)ccn6)c5c4)c3)c3cc(-c4ccc5oc6ccccc6c5c4)cc(c31)-c1c([2H])c([2H])c([2H])c([2H])c1-2. The highest BCUT2D eigenvalue weighted by atomic mass is 16.5. The summed E-state index contributed by atoms with van der Waals surface area (Å²) in [5, 5.41) is 3.94. The van der Waals surface area contributed by atoms with Crippen LogP contribution in [0, 0.1) is 6.33 Å². The summed E-state index contributed by atoms with van der Waals surface area (Å²) in [6.45, 7) is 26.2. The van der Waals surface area contributed by atoms with Crippen molar-refractivity contribution in [1.82, 2.24) is 14.1 Å². The lowest BCUT2D eigenvalue weighted by atomic mass is 9.77. The number of fused-ring (bicyclic) bond motifs is 13. The van der Waals surface area contributed by atoms with Gasteiger partial charge in [0.1, 0.15) is 28.5 Å². The van der Waals surface area contributed by atoms with Crippen molar-refractivity contribution < 1.29 is 24.7 Å². The molecule has 88 heavy (non-hydrogen) atoms. The van der Waals surface area contributed by atoms with Crippen molar-refractivity contribution in [3.05, 3.63) is 247 Å². The summed E-state index contributed by atoms with van der Waals surface area (Å²) in [5.74, 6) is 1.91. The Morgan fingerprint density at radius 1 is 0.432 bits per heavy atom. The van der Waals surface area contributed by atoms with Crippen molar-refractivity contribution in [3.63, 3.8) is 0 Å². The molecule has 0 fully saturated rings. The van der Waals surface area contributed by atoms with Gasteiger partial charge in [0.15, 0.2) is 0 Å². The lowest BCUT2D eigenvalue weighted by molar-refractivity contribution is -0.570. The lowest BCUT2D eigenvalue weighted by Crippen LogP contribution is -2.32. The molecule has 0 N–H and O–H groups in total. The van der Waals surface area contributed by atoms with Gasteiger partial charge in [-0.05, 0) is 172 Å². The van der Waals surface area contributed by atoms with Crippen molar-refractivity contribution in [2.75, 3.05) is 0 Å². The largest absolute Gasteiger partial charge is 0.458 e. The highest BCUT2D eigenvalue weighted by Gasteiger charge is 2.31. The third-order valence-corrected chi connectivity index (χ3v) is 17.6. The van der Waals surface area contributed by atoms with Gasteiger partial charge in [0.2, 0.25) is 0 Å². The Bertz CT molecular complexity index is 5640. The fourth-order valence-electron chi connectivity index (χ4n) is 12.7. The second-order valence-corrected chi connectivity index (χ2v) is 27.7. The van der Waals surface area contributed by atoms with E-state index in [4.69, 9.17) is 14.1 Å². The van der Waals surface area contributed by atoms with Crippen molar-refractivity contribution in [1.29, 1.82) is 0 Å². The van der Waals surface area contributed by atoms with E-state index in [1.807, 2.05) is 100 Å². The molecule has 6 heteroatoms. The Morgan fingerprint density at radius 3 is 1.74 bits per heavy atom. The summed E-state index contributed by atoms with van der Waals surface area (Å²) in [7, 11) is 0. The number of pyridine rings is 1. The van der Waals surface area contributed by atoms with Crippen molar-refractivity contribution in [2.45, 2.75) is 105 Å². The fraction of sp³-hybridized carbons (Fsp3) is 0.195. The molecule has 0 bridgehead atoms. The molecular formula is C82H72N4O2. The lowest BCUT2D eigenvalue weighted by Gasteiger charge is -2.29. The van der Waals surface area contributed by atoms with Crippen LogP contribution in [-0.4, -0.2) is 14.1 Å². The number of furan rings is 1. The van der Waals surface area contributed by atoms with Crippen LogP contribution < -0.4 is 9.30 Å². The van der Waals surface area contributed by atoms with Gasteiger partial charge < -0.3 is 9.15 Å². The summed E-state index contributed by atoms with van der Waals surface area (Å²) in [6.07, 6.45) is 5.78. The van der Waals surface area contributed by atoms with Crippen molar-refractivity contribution >= 4 is 54.8 Å². The zero-order valence-electron chi connectivity index (χ0n) is 59.8. The van der Waals surface area contributed by atoms with Crippen molar-refractivity contribution in [2.24, 2.45) is 0 Å². The first-order valence-corrected chi connectivity index (χ1v) is 30.3. The molecule has 0 unspecified atom stereocenters. The Balaban J connectivity index is 1.08. The number of aromatic nitrogens is 4. The molecular weight excluding hydrogens is 1070 g/mol. The van der Waals surface area contributed by atoms with Gasteiger partial charge in [0, 0.05) is 33.8 Å². The first-order chi connectivity index (χ1) is 45.4. The number of imidazole rings is 1. The topological polar surface area (TPSA) is 49.0 Å². The van der Waals surface area contributed by atoms with Gasteiger partial charge in [-0.25, -0.2) is 4.98 Å². The number of ether oxygens (including phenoxy) is 1. The van der Waals surface area contributed by atoms with E-state index < -0.39 is 41.7 Å². The van der Waals surface area contributed by atoms with Crippen LogP contribution in [0.15, 0.2) is 223 Å². The Labute approximate surface area is 527 Å². The highest BCUT2D eigenvalue weighted by Crippen LogP contribution is 2.49. The molecule has 1 aliphatic heterocycles. The molecule has 15 rings (SSSR count). The first kappa shape index (κ1) is 46.4. The van der Waals surface area contributed by atoms with E-state index in [-0.39, 0.29) is 50.6 Å². The molecule has 4 aromatic heterocycles. The minimum atomic E-state index is -0.542. The van der Waals surface area contributed by atoms with E-state index in [2.05, 4.69) is 173 Å². The summed E-state index contributed by atoms with van der Waals surface area (Å²) in [5.41, 5.74) is 12.5. The van der Waals surface area contributed by atoms with Crippen molar-refractivity contribution in [3.8, 4) is 84.3 Å². The molecule has 0 saturated heterocycles. The van der Waals surface area contributed by atoms with Crippen LogP contribution in [0.4, 0.5) is 0 Å². The van der Waals surface area contributed by atoms with Gasteiger partial charge >= 0.3 is 0 Å². The monoisotopic (exact) mass is 1150 g/mol. The molecule has 10 aromatic carbocycles. The van der Waals surface area contributed by atoms with Gasteiger partial charge in [0.25, 0.3) is 6.33 Å². The summed E-state index contributed by atoms with van der Waals surface area (Å²) in [4.78, 5) is 4.94. The molecule has 1 aliphatic rings. The van der Waals surface area contributed by atoms with Crippen LogP contribution in [0.5, 0.6) is 11.5 Å². The molecule has 14 aromatic rings. The Morgan fingerprint density at radius 2 is 1.03 bits per heavy atom. The van der Waals surface area contributed by atoms with Gasteiger partial charge in [-0.2, -0.15) is 0 Å². The fourth-order valence-corrected chi connectivity index (χ4v) is 12.7. The van der Waals surface area contributed by atoms with Gasteiger partial charge in [-0.1, -0.05) is 216 Å². The maximum absolute atomic E-state index is 10.2. The van der Waals surface area contributed by atoms with Crippen LogP contribution >= 0.6 is 0 Å². The van der Waals surface area contributed by atoms with Crippen LogP contribution in [0.3, 0.4) is 0 Å². The van der Waals surface area contributed by atoms with Crippen LogP contribution in [0.2, 0.25) is 0 Å². The van der Waals surface area contributed by atoms with Crippen LogP contribution in [-0.2, 0) is 21.7 Å². The molecule has 0 spiro atoms. The number of benzene rings is 10. The second kappa shape index (κ2) is 19.9. The predicted molar refractivity (Wildman–Crippen MR) is 365 cm³/mol. The normalized spacial score (nSPS) is 14.0. The zero-order valence-corrected chi connectivity index (χ0v) is 51.8. The van der Waals surface area contributed by atoms with Crippen LogP contribution in [0.1, 0.15) is 116 Å². The summed E-state index contributed by atoms with van der Waals surface area (Å²) >= 11 is 0. The molecule has 5 heterocycles. The van der Waals surface area contributed by atoms with E-state index >= 15 is 0 Å². The number of hydrogen-bond donors (Lipinski definition) is 0. The number of hydrogen-bond acceptors (Lipinski definition) is 3. The molecule has 0 aliphatic carbocycles. The second-order valence-electron chi connectivity index (χ2n) is 27.7. The van der Waals surface area contributed by atoms with E-state index in [0.29, 0.717) is 56.2 Å². The smallest absolute Gasteiger partial charge is 0.269 e. The van der Waals surface area contributed by atoms with Gasteiger partial charge in [0.05, 0.1) is 44.4 Å². The summed E-state index contributed by atoms with van der Waals surface area (Å²) in [6, 6.07) is 51.8. The average Bonchev–Trinajstić information content (AvgIpc) is 1.46. The standard InChI is InChI=1S/C82H72N4O2/c1-79(2,3)53-36-37-83-76(46-53)86-71-30-19-17-28-64(71)65-34-33-59(48-72(65)86)87-58-23-21-22-57(47-58)84-49-85-77-67(52-38-54(80(4,5)6)43-55(39-52)81(7,8)9)44-56(82(10,11)12)45-70(77)63-27-16-14-25-61(63)60-24-13-15-26-62(60)69-41-51(42-73(84)78(69)85)50-32-35-75-68(40-50)66-29-18-20-31-74(66)88-75/h13-48H,1-12H3/i13D,14D,15D,16D,24D,25D,26D,27D. The van der Waals surface area contributed by atoms with Gasteiger partial charge in [-0.15, -0.1) is 0 Å². The van der Waals surface area contributed by atoms with Crippen LogP contribution in [0.25, 0.3) is 128 Å². The molecule has 0 amide bonds. The predicted octanol–water partition coefficient (Wildman–Crippen LogP) is 21.7. The zero-order chi connectivity index (χ0) is 67.7. The highest BCUT2D eigenvalue weighted by molar-refractivity contribution is 6.10. The molecule has 432 valence electrons. The first-order valence-electron chi connectivity index (χ1n) is 34.3. The molecule has 6 nitrogen and oxygen atoms in total. The van der Waals surface area contributed by atoms with Gasteiger partial charge in [-0.3, -0.25) is 13.7 Å². The maximum atomic E-state index is 10.2. The maximum Gasteiger partial charge on any atom is 0.269 e. The molecule has 0 radical (unpaired) electrons. The minimum absolute atomic E-state index is 0.0401. The molecule has 0 saturated carbocycles. The Hall–Kier alpha value is -9.78. The van der Waals surface area contributed by atoms with E-state index in [1.165, 1.54) is 0 Å². The Kier molecular flexibility index (Phi) is 10.5. The third-order valence-electron chi connectivity index (χ3n) is 17.6. The molecule has 0 atom stereocenters. The summed E-state index contributed by atoms with van der Waals surface area (Å²) < 4.78 is 98.1. The van der Waals surface area contributed by atoms with E-state index in [0.717, 1.165) is 82.9 Å².